The highest BCUT2D eigenvalue weighted by molar-refractivity contribution is 6.18. The lowest BCUT2D eigenvalue weighted by molar-refractivity contribution is 1.65. The molecule has 0 nitrogen and oxygen atoms in total. The zero-order valence-corrected chi connectivity index (χ0v) is 24.1. The highest BCUT2D eigenvalue weighted by atomic mass is 14.2. The molecule has 44 heavy (non-hydrogen) atoms. The van der Waals surface area contributed by atoms with Crippen LogP contribution < -0.4 is 0 Å². The Kier molecular flexibility index (Phi) is 5.61. The van der Waals surface area contributed by atoms with Gasteiger partial charge in [-0.3, -0.25) is 0 Å². The van der Waals surface area contributed by atoms with Crippen molar-refractivity contribution in [1.29, 1.82) is 0 Å². The second-order valence-corrected chi connectivity index (χ2v) is 11.6. The average molecular weight is 556 g/mol. The fourth-order valence-corrected chi connectivity index (χ4v) is 7.14. The molecule has 0 bridgehead atoms. The summed E-state index contributed by atoms with van der Waals surface area (Å²) in [6.07, 6.45) is 0. The van der Waals surface area contributed by atoms with Crippen molar-refractivity contribution < 1.29 is 0 Å². The first kappa shape index (κ1) is 24.8. The Morgan fingerprint density at radius 2 is 0.864 bits per heavy atom. The van der Waals surface area contributed by atoms with Gasteiger partial charge >= 0.3 is 0 Å². The molecule has 0 N–H and O–H groups in total. The molecular formula is C44H27. The molecule has 1 radical (unpaired) electrons. The largest absolute Gasteiger partial charge is 0.0616 e. The summed E-state index contributed by atoms with van der Waals surface area (Å²) < 4.78 is 0. The van der Waals surface area contributed by atoms with Crippen molar-refractivity contribution in [2.45, 2.75) is 0 Å². The summed E-state index contributed by atoms with van der Waals surface area (Å²) in [6.45, 7) is 0. The minimum Gasteiger partial charge on any atom is -0.0616 e. The van der Waals surface area contributed by atoms with Crippen LogP contribution in [0.1, 0.15) is 0 Å². The third kappa shape index (κ3) is 3.85. The molecule has 0 aliphatic rings. The smallest absolute Gasteiger partial charge is 0.00201 e. The van der Waals surface area contributed by atoms with Crippen molar-refractivity contribution in [3.05, 3.63) is 170 Å². The molecule has 0 atom stereocenters. The number of rotatable bonds is 3. The van der Waals surface area contributed by atoms with Gasteiger partial charge in [0.05, 0.1) is 0 Å². The molecule has 203 valence electrons. The lowest BCUT2D eigenvalue weighted by atomic mass is 9.85. The van der Waals surface area contributed by atoms with Crippen molar-refractivity contribution in [2.24, 2.45) is 0 Å². The van der Waals surface area contributed by atoms with Gasteiger partial charge in [-0.25, -0.2) is 0 Å². The number of benzene rings is 9. The summed E-state index contributed by atoms with van der Waals surface area (Å²) in [5, 5.41) is 12.4. The predicted octanol–water partition coefficient (Wildman–Crippen LogP) is 12.3. The zero-order valence-electron chi connectivity index (χ0n) is 24.1. The van der Waals surface area contributed by atoms with Gasteiger partial charge in [0.25, 0.3) is 0 Å². The number of hydrogen-bond donors (Lipinski definition) is 0. The summed E-state index contributed by atoms with van der Waals surface area (Å²) in [5.41, 5.74) is 7.46. The van der Waals surface area contributed by atoms with Crippen LogP contribution >= 0.6 is 0 Å². The molecule has 0 amide bonds. The average Bonchev–Trinajstić information content (AvgIpc) is 3.09. The molecule has 0 unspecified atom stereocenters. The summed E-state index contributed by atoms with van der Waals surface area (Å²) in [4.78, 5) is 0. The van der Waals surface area contributed by atoms with Gasteiger partial charge in [0.1, 0.15) is 0 Å². The Bertz CT molecular complexity index is 2490. The SMILES string of the molecule is [c]1cccc2cc(-c3ccc(-c4cccc5ccccc45)c4ccccc34)cc(-c3c4ccccc4cc4ccccc34)c12. The van der Waals surface area contributed by atoms with Crippen LogP contribution in [0.3, 0.4) is 0 Å². The second kappa shape index (κ2) is 9.93. The molecule has 0 saturated heterocycles. The van der Waals surface area contributed by atoms with Crippen LogP contribution in [-0.4, -0.2) is 0 Å². The van der Waals surface area contributed by atoms with Gasteiger partial charge in [0.2, 0.25) is 0 Å². The van der Waals surface area contributed by atoms with E-state index in [1.54, 1.807) is 0 Å². The van der Waals surface area contributed by atoms with Gasteiger partial charge < -0.3 is 0 Å². The van der Waals surface area contributed by atoms with Crippen molar-refractivity contribution in [3.63, 3.8) is 0 Å². The molecule has 0 saturated carbocycles. The Hall–Kier alpha value is -5.72. The number of hydrogen-bond acceptors (Lipinski definition) is 0. The molecule has 0 spiro atoms. The van der Waals surface area contributed by atoms with Crippen molar-refractivity contribution in [3.8, 4) is 33.4 Å². The summed E-state index contributed by atoms with van der Waals surface area (Å²) >= 11 is 0. The van der Waals surface area contributed by atoms with Gasteiger partial charge in [-0.05, 0) is 112 Å². The van der Waals surface area contributed by atoms with Crippen molar-refractivity contribution in [1.82, 2.24) is 0 Å². The Morgan fingerprint density at radius 3 is 1.61 bits per heavy atom. The van der Waals surface area contributed by atoms with Crippen LogP contribution in [0.15, 0.2) is 164 Å². The van der Waals surface area contributed by atoms with E-state index in [1.165, 1.54) is 81.9 Å². The Morgan fingerprint density at radius 1 is 0.318 bits per heavy atom. The highest BCUT2D eigenvalue weighted by Gasteiger charge is 2.17. The van der Waals surface area contributed by atoms with E-state index >= 15 is 0 Å². The van der Waals surface area contributed by atoms with E-state index in [0.29, 0.717) is 0 Å². The predicted molar refractivity (Wildman–Crippen MR) is 189 cm³/mol. The maximum absolute atomic E-state index is 3.61. The van der Waals surface area contributed by atoms with Crippen LogP contribution in [0.5, 0.6) is 0 Å². The summed E-state index contributed by atoms with van der Waals surface area (Å²) in [6, 6.07) is 63.3. The van der Waals surface area contributed by atoms with Crippen molar-refractivity contribution >= 4 is 53.9 Å². The van der Waals surface area contributed by atoms with Crippen LogP contribution in [0, 0.1) is 6.07 Å². The normalized spacial score (nSPS) is 11.6. The molecule has 9 aromatic carbocycles. The van der Waals surface area contributed by atoms with E-state index in [9.17, 15) is 0 Å². The lowest BCUT2D eigenvalue weighted by Crippen LogP contribution is -1.91. The van der Waals surface area contributed by atoms with Gasteiger partial charge in [-0.1, -0.05) is 146 Å². The Balaban J connectivity index is 1.35. The number of fused-ring (bicyclic) bond motifs is 5. The minimum absolute atomic E-state index is 1.15. The monoisotopic (exact) mass is 555 g/mol. The van der Waals surface area contributed by atoms with Crippen LogP contribution in [0.4, 0.5) is 0 Å². The molecule has 0 aromatic heterocycles. The van der Waals surface area contributed by atoms with Crippen LogP contribution in [0.2, 0.25) is 0 Å². The molecule has 0 fully saturated rings. The third-order valence-electron chi connectivity index (χ3n) is 9.12. The van der Waals surface area contributed by atoms with Crippen LogP contribution in [-0.2, 0) is 0 Å². The molecule has 9 aromatic rings. The van der Waals surface area contributed by atoms with E-state index in [0.717, 1.165) is 5.39 Å². The van der Waals surface area contributed by atoms with E-state index in [-0.39, 0.29) is 0 Å². The molecule has 0 aliphatic carbocycles. The molecule has 0 heterocycles. The summed E-state index contributed by atoms with van der Waals surface area (Å²) in [7, 11) is 0. The van der Waals surface area contributed by atoms with E-state index in [1.807, 2.05) is 6.07 Å². The molecule has 9 rings (SSSR count). The summed E-state index contributed by atoms with van der Waals surface area (Å²) in [5.74, 6) is 0. The molecule has 0 aliphatic heterocycles. The first-order valence-corrected chi connectivity index (χ1v) is 15.2. The van der Waals surface area contributed by atoms with Gasteiger partial charge in [-0.2, -0.15) is 0 Å². The van der Waals surface area contributed by atoms with Crippen molar-refractivity contribution in [2.75, 3.05) is 0 Å². The van der Waals surface area contributed by atoms with E-state index in [2.05, 4.69) is 164 Å². The standard InChI is InChI=1S/C44H27/c1-5-17-34-29(12-1)16-11-23-40(34)42-25-24-36(39-21-9-10-22-41(39)42)33-27-30-13-2-6-18-35(30)43(28-33)44-37-19-7-3-14-31(37)26-32-15-4-8-20-38(32)44/h1-17,19-28H. The third-order valence-corrected chi connectivity index (χ3v) is 9.12. The van der Waals surface area contributed by atoms with Gasteiger partial charge in [0.15, 0.2) is 0 Å². The molecule has 0 heteroatoms. The first-order chi connectivity index (χ1) is 21.8. The topological polar surface area (TPSA) is 0 Å². The quantitative estimate of drug-likeness (QED) is 0.190. The van der Waals surface area contributed by atoms with Gasteiger partial charge in [0, 0.05) is 0 Å². The fourth-order valence-electron chi connectivity index (χ4n) is 7.14. The highest BCUT2D eigenvalue weighted by Crippen LogP contribution is 2.44. The van der Waals surface area contributed by atoms with E-state index < -0.39 is 0 Å². The van der Waals surface area contributed by atoms with Crippen LogP contribution in [0.25, 0.3) is 87.2 Å². The zero-order chi connectivity index (χ0) is 29.0. The lowest BCUT2D eigenvalue weighted by Gasteiger charge is -2.18. The minimum atomic E-state index is 1.15. The first-order valence-electron chi connectivity index (χ1n) is 15.2. The second-order valence-electron chi connectivity index (χ2n) is 11.6. The maximum atomic E-state index is 3.61. The Labute approximate surface area is 256 Å². The fraction of sp³-hybridized carbons (Fsp3) is 0. The van der Waals surface area contributed by atoms with Gasteiger partial charge in [-0.15, -0.1) is 0 Å². The van der Waals surface area contributed by atoms with E-state index in [4.69, 9.17) is 0 Å². The molecular weight excluding hydrogens is 528 g/mol. The maximum Gasteiger partial charge on any atom is -0.00201 e.